The predicted octanol–water partition coefficient (Wildman–Crippen LogP) is 9.82. The first-order chi connectivity index (χ1) is 18.8. The van der Waals surface area contributed by atoms with Crippen molar-refractivity contribution in [3.8, 4) is 27.9 Å². The fourth-order valence-electron chi connectivity index (χ4n) is 6.02. The Balaban J connectivity index is 1.26. The molecule has 2 nitrogen and oxygen atoms in total. The summed E-state index contributed by atoms with van der Waals surface area (Å²) >= 11 is 0. The van der Waals surface area contributed by atoms with Crippen LogP contribution in [0.4, 0.5) is 0 Å². The lowest BCUT2D eigenvalue weighted by molar-refractivity contribution is 0.546. The van der Waals surface area contributed by atoms with Crippen LogP contribution in [0.2, 0.25) is 0 Å². The maximum absolute atomic E-state index is 6.13. The summed E-state index contributed by atoms with van der Waals surface area (Å²) in [4.78, 5) is 0. The minimum absolute atomic E-state index is 0.974. The van der Waals surface area contributed by atoms with Crippen molar-refractivity contribution in [2.75, 3.05) is 0 Å². The van der Waals surface area contributed by atoms with E-state index in [-0.39, 0.29) is 0 Å². The summed E-state index contributed by atoms with van der Waals surface area (Å²) in [6, 6.07) is 41.6. The third-order valence-electron chi connectivity index (χ3n) is 7.84. The average Bonchev–Trinajstić information content (AvgIpc) is 3.53. The molecule has 0 saturated carbocycles. The Morgan fingerprint density at radius 2 is 1.26 bits per heavy atom. The molecule has 0 bridgehead atoms. The van der Waals surface area contributed by atoms with Gasteiger partial charge >= 0.3 is 0 Å². The van der Waals surface area contributed by atoms with Gasteiger partial charge in [-0.15, -0.1) is 0 Å². The largest absolute Gasteiger partial charge is 0.460 e. The number of furan rings is 1. The Labute approximate surface area is 221 Å². The lowest BCUT2D eigenvalue weighted by Gasteiger charge is -2.09. The van der Waals surface area contributed by atoms with Crippen LogP contribution in [-0.4, -0.2) is 4.57 Å². The highest BCUT2D eigenvalue weighted by Gasteiger charge is 2.16. The Morgan fingerprint density at radius 1 is 0.553 bits per heavy atom. The van der Waals surface area contributed by atoms with E-state index in [1.54, 1.807) is 0 Å². The first-order valence-electron chi connectivity index (χ1n) is 13.2. The van der Waals surface area contributed by atoms with E-state index in [9.17, 15) is 0 Å². The molecular formula is C36H25NO. The van der Waals surface area contributed by atoms with Gasteiger partial charge < -0.3 is 8.98 Å². The molecule has 7 aromatic rings. The third-order valence-corrected chi connectivity index (χ3v) is 7.84. The molecule has 0 fully saturated rings. The van der Waals surface area contributed by atoms with Crippen LogP contribution < -0.4 is 0 Å². The second kappa shape index (κ2) is 8.36. The zero-order valence-corrected chi connectivity index (χ0v) is 20.9. The molecule has 0 amide bonds. The van der Waals surface area contributed by atoms with E-state index >= 15 is 0 Å². The minimum Gasteiger partial charge on any atom is -0.460 e. The molecule has 2 heterocycles. The number of hydrogen-bond acceptors (Lipinski definition) is 1. The van der Waals surface area contributed by atoms with Crippen LogP contribution in [0.25, 0.3) is 66.8 Å². The molecule has 0 unspecified atom stereocenters. The number of hydrogen-bond donors (Lipinski definition) is 0. The number of para-hydroxylation sites is 2. The van der Waals surface area contributed by atoms with E-state index in [2.05, 4.69) is 132 Å². The molecular weight excluding hydrogens is 462 g/mol. The first kappa shape index (κ1) is 21.3. The molecule has 180 valence electrons. The topological polar surface area (TPSA) is 18.1 Å². The van der Waals surface area contributed by atoms with Gasteiger partial charge in [-0.05, 0) is 77.2 Å². The van der Waals surface area contributed by atoms with Crippen molar-refractivity contribution in [3.63, 3.8) is 0 Å². The summed E-state index contributed by atoms with van der Waals surface area (Å²) in [7, 11) is 0. The molecule has 1 aliphatic carbocycles. The van der Waals surface area contributed by atoms with Gasteiger partial charge in [-0.1, -0.05) is 78.9 Å². The van der Waals surface area contributed by atoms with Crippen LogP contribution in [0, 0.1) is 0 Å². The van der Waals surface area contributed by atoms with E-state index in [0.717, 1.165) is 24.2 Å². The lowest BCUT2D eigenvalue weighted by atomic mass is 9.96. The molecule has 38 heavy (non-hydrogen) atoms. The second-order valence-corrected chi connectivity index (χ2v) is 10.1. The van der Waals surface area contributed by atoms with Gasteiger partial charge in [0.15, 0.2) is 0 Å². The van der Waals surface area contributed by atoms with Gasteiger partial charge in [0, 0.05) is 33.8 Å². The summed E-state index contributed by atoms with van der Waals surface area (Å²) < 4.78 is 8.49. The molecule has 2 heteroatoms. The van der Waals surface area contributed by atoms with Crippen LogP contribution >= 0.6 is 0 Å². The molecule has 0 atom stereocenters. The highest BCUT2D eigenvalue weighted by atomic mass is 16.3. The van der Waals surface area contributed by atoms with Gasteiger partial charge in [-0.3, -0.25) is 0 Å². The second-order valence-electron chi connectivity index (χ2n) is 10.1. The van der Waals surface area contributed by atoms with Crippen molar-refractivity contribution in [2.45, 2.75) is 12.8 Å². The van der Waals surface area contributed by atoms with E-state index in [1.165, 1.54) is 60.7 Å². The number of nitrogens with zero attached hydrogens (tertiary/aromatic N) is 1. The fraction of sp³-hybridized carbons (Fsp3) is 0.0556. The Hall–Kier alpha value is -4.82. The summed E-state index contributed by atoms with van der Waals surface area (Å²) in [6.07, 6.45) is 6.49. The number of benzene rings is 5. The SMILES string of the molecule is C1=Cc2c(oc3ccc(-c4cccc(-c5ccc6c(c5)c5ccccc5n6-c5ccccc5)c4)cc23)CC1. The number of aromatic nitrogens is 1. The molecule has 0 saturated heterocycles. The molecule has 0 N–H and O–H groups in total. The van der Waals surface area contributed by atoms with Gasteiger partial charge in [0.05, 0.1) is 11.0 Å². The van der Waals surface area contributed by atoms with Crippen LogP contribution in [0.5, 0.6) is 0 Å². The highest BCUT2D eigenvalue weighted by Crippen LogP contribution is 2.37. The van der Waals surface area contributed by atoms with E-state index in [0.29, 0.717) is 0 Å². The van der Waals surface area contributed by atoms with Gasteiger partial charge in [-0.25, -0.2) is 0 Å². The van der Waals surface area contributed by atoms with Gasteiger partial charge in [-0.2, -0.15) is 0 Å². The summed E-state index contributed by atoms with van der Waals surface area (Å²) in [6.45, 7) is 0. The molecule has 0 aliphatic heterocycles. The summed E-state index contributed by atoms with van der Waals surface area (Å²) in [5.74, 6) is 1.11. The zero-order valence-electron chi connectivity index (χ0n) is 20.9. The molecule has 1 aliphatic rings. The fourth-order valence-corrected chi connectivity index (χ4v) is 6.02. The Bertz CT molecular complexity index is 2020. The average molecular weight is 488 g/mol. The van der Waals surface area contributed by atoms with Gasteiger partial charge in [0.25, 0.3) is 0 Å². The van der Waals surface area contributed by atoms with Crippen molar-refractivity contribution in [2.24, 2.45) is 0 Å². The van der Waals surface area contributed by atoms with Crippen LogP contribution in [0.1, 0.15) is 17.7 Å². The van der Waals surface area contributed by atoms with Crippen molar-refractivity contribution in [1.82, 2.24) is 4.57 Å². The zero-order chi connectivity index (χ0) is 25.1. The molecule has 0 radical (unpaired) electrons. The van der Waals surface area contributed by atoms with Crippen molar-refractivity contribution < 1.29 is 4.42 Å². The number of fused-ring (bicyclic) bond motifs is 6. The van der Waals surface area contributed by atoms with E-state index in [1.807, 2.05) is 0 Å². The lowest BCUT2D eigenvalue weighted by Crippen LogP contribution is -1.92. The smallest absolute Gasteiger partial charge is 0.134 e. The van der Waals surface area contributed by atoms with E-state index in [4.69, 9.17) is 4.42 Å². The first-order valence-corrected chi connectivity index (χ1v) is 13.2. The standard InChI is InChI=1S/C36H25NO/c1-2-11-28(12-3-1)37-33-15-6-4-13-29(33)31-22-26(17-19-34(31)37)24-9-8-10-25(21-24)27-18-20-36-32(23-27)30-14-5-7-16-35(30)38-36/h1-6,8-15,17-23H,7,16H2. The Morgan fingerprint density at radius 3 is 2.13 bits per heavy atom. The highest BCUT2D eigenvalue weighted by molar-refractivity contribution is 6.10. The van der Waals surface area contributed by atoms with Crippen LogP contribution in [-0.2, 0) is 6.42 Å². The van der Waals surface area contributed by atoms with Crippen LogP contribution in [0.15, 0.2) is 126 Å². The summed E-state index contributed by atoms with van der Waals surface area (Å²) in [5, 5.41) is 3.74. The van der Waals surface area contributed by atoms with Crippen molar-refractivity contribution in [1.29, 1.82) is 0 Å². The maximum Gasteiger partial charge on any atom is 0.134 e. The molecule has 8 rings (SSSR count). The quantitative estimate of drug-likeness (QED) is 0.242. The number of aryl methyl sites for hydroxylation is 1. The minimum atomic E-state index is 0.974. The van der Waals surface area contributed by atoms with Crippen molar-refractivity contribution >= 4 is 38.9 Å². The number of rotatable bonds is 3. The van der Waals surface area contributed by atoms with Crippen LogP contribution in [0.3, 0.4) is 0 Å². The molecule has 0 spiro atoms. The molecule has 5 aromatic carbocycles. The molecule has 2 aromatic heterocycles. The van der Waals surface area contributed by atoms with Gasteiger partial charge in [0.2, 0.25) is 0 Å². The predicted molar refractivity (Wildman–Crippen MR) is 159 cm³/mol. The van der Waals surface area contributed by atoms with Gasteiger partial charge in [0.1, 0.15) is 11.3 Å². The monoisotopic (exact) mass is 487 g/mol. The normalized spacial score (nSPS) is 12.9. The van der Waals surface area contributed by atoms with Crippen molar-refractivity contribution in [3.05, 3.63) is 133 Å². The maximum atomic E-state index is 6.13. The third kappa shape index (κ3) is 3.27. The summed E-state index contributed by atoms with van der Waals surface area (Å²) in [5.41, 5.74) is 10.7. The Kier molecular flexibility index (Phi) is 4.68. The van der Waals surface area contributed by atoms with E-state index < -0.39 is 0 Å². The number of allylic oxidation sites excluding steroid dienone is 1.